The SMILES string of the molecule is CN=C(C(=O)NC)C(C=N)NC(=O)c1nc(C2CC2)cnc1Nc1cncnc1. The van der Waals surface area contributed by atoms with Gasteiger partial charge in [0.1, 0.15) is 18.1 Å². The largest absolute Gasteiger partial charge is 0.354 e. The second kappa shape index (κ2) is 8.95. The average molecular weight is 395 g/mol. The Balaban J connectivity index is 1.90. The van der Waals surface area contributed by atoms with Gasteiger partial charge in [-0.3, -0.25) is 14.6 Å². The number of hydrogen-bond acceptors (Lipinski definition) is 9. The summed E-state index contributed by atoms with van der Waals surface area (Å²) in [6, 6.07) is -1.01. The molecule has 2 amide bonds. The molecule has 2 heterocycles. The molecule has 4 N–H and O–H groups in total. The van der Waals surface area contributed by atoms with Crippen LogP contribution in [0.15, 0.2) is 29.9 Å². The lowest BCUT2D eigenvalue weighted by Crippen LogP contribution is -2.48. The Bertz CT molecular complexity index is 942. The number of carbonyl (C=O) groups excluding carboxylic acids is 2. The molecule has 11 heteroatoms. The molecular formula is C18H21N9O2. The predicted octanol–water partition coefficient (Wildman–Crippen LogP) is 0.452. The van der Waals surface area contributed by atoms with Crippen molar-refractivity contribution in [1.29, 1.82) is 5.41 Å². The zero-order chi connectivity index (χ0) is 20.8. The average Bonchev–Trinajstić information content (AvgIpc) is 3.59. The van der Waals surface area contributed by atoms with Gasteiger partial charge in [0.05, 0.1) is 30.0 Å². The van der Waals surface area contributed by atoms with Crippen LogP contribution >= 0.6 is 0 Å². The molecule has 0 radical (unpaired) electrons. The van der Waals surface area contributed by atoms with E-state index in [0.29, 0.717) is 11.6 Å². The Morgan fingerprint density at radius 2 is 2.00 bits per heavy atom. The predicted molar refractivity (Wildman–Crippen MR) is 107 cm³/mol. The fraction of sp³-hybridized carbons (Fsp3) is 0.333. The zero-order valence-corrected chi connectivity index (χ0v) is 16.0. The molecule has 0 aromatic carbocycles. The molecule has 1 aliphatic rings. The van der Waals surface area contributed by atoms with Gasteiger partial charge in [-0.25, -0.2) is 19.9 Å². The van der Waals surface area contributed by atoms with E-state index in [1.54, 1.807) is 18.6 Å². The summed E-state index contributed by atoms with van der Waals surface area (Å²) in [4.78, 5) is 45.5. The van der Waals surface area contributed by atoms with Crippen LogP contribution in [0.3, 0.4) is 0 Å². The van der Waals surface area contributed by atoms with Crippen LogP contribution in [0.1, 0.15) is 34.9 Å². The molecule has 11 nitrogen and oxygen atoms in total. The van der Waals surface area contributed by atoms with Crippen LogP contribution in [0.4, 0.5) is 11.5 Å². The van der Waals surface area contributed by atoms with E-state index in [1.807, 2.05) is 0 Å². The lowest BCUT2D eigenvalue weighted by molar-refractivity contribution is -0.114. The molecule has 0 aliphatic heterocycles. The highest BCUT2D eigenvalue weighted by Gasteiger charge is 2.29. The molecule has 2 aromatic heterocycles. The van der Waals surface area contributed by atoms with Gasteiger partial charge in [-0.15, -0.1) is 0 Å². The van der Waals surface area contributed by atoms with Crippen LogP contribution in [-0.4, -0.2) is 63.8 Å². The number of amides is 2. The summed E-state index contributed by atoms with van der Waals surface area (Å²) < 4.78 is 0. The zero-order valence-electron chi connectivity index (χ0n) is 16.0. The summed E-state index contributed by atoms with van der Waals surface area (Å²) in [5.74, 6) is -0.558. The maximum Gasteiger partial charge on any atom is 0.274 e. The van der Waals surface area contributed by atoms with Crippen molar-refractivity contribution in [2.24, 2.45) is 4.99 Å². The Morgan fingerprint density at radius 3 is 2.59 bits per heavy atom. The van der Waals surface area contributed by atoms with Crippen molar-refractivity contribution >= 4 is 35.2 Å². The molecule has 29 heavy (non-hydrogen) atoms. The lowest BCUT2D eigenvalue weighted by Gasteiger charge is -2.17. The molecular weight excluding hydrogens is 374 g/mol. The first kappa shape index (κ1) is 20.0. The van der Waals surface area contributed by atoms with Crippen molar-refractivity contribution in [2.45, 2.75) is 24.8 Å². The Morgan fingerprint density at radius 1 is 1.28 bits per heavy atom. The molecule has 1 saturated carbocycles. The van der Waals surface area contributed by atoms with Crippen LogP contribution < -0.4 is 16.0 Å². The molecule has 2 aromatic rings. The molecule has 1 fully saturated rings. The summed E-state index contributed by atoms with van der Waals surface area (Å²) in [6.45, 7) is 0. The van der Waals surface area contributed by atoms with Gasteiger partial charge in [-0.2, -0.15) is 0 Å². The number of nitrogens with one attached hydrogen (secondary N) is 4. The summed E-state index contributed by atoms with van der Waals surface area (Å²) in [5, 5.41) is 15.6. The quantitative estimate of drug-likeness (QED) is 0.472. The molecule has 1 aliphatic carbocycles. The van der Waals surface area contributed by atoms with Crippen molar-refractivity contribution in [1.82, 2.24) is 30.6 Å². The van der Waals surface area contributed by atoms with Gasteiger partial charge in [-0.1, -0.05) is 0 Å². The number of anilines is 2. The molecule has 3 rings (SSSR count). The molecule has 0 bridgehead atoms. The standard InChI is InChI=1S/C18H21N9O2/c1-20-14(17(28)21-2)12(5-19)27-18(29)15-16(25-11-6-22-9-23-7-11)24-8-13(26-15)10-3-4-10/h5-10,12,19H,3-4H2,1-2H3,(H,21,28)(H,24,25)(H,27,29). The van der Waals surface area contributed by atoms with Crippen molar-refractivity contribution in [3.8, 4) is 0 Å². The lowest BCUT2D eigenvalue weighted by atomic mass is 10.1. The third-order valence-corrected chi connectivity index (χ3v) is 4.27. The molecule has 0 spiro atoms. The molecule has 1 unspecified atom stereocenters. The number of carbonyl (C=O) groups is 2. The van der Waals surface area contributed by atoms with E-state index in [1.165, 1.54) is 20.4 Å². The van der Waals surface area contributed by atoms with Gasteiger partial charge in [0.15, 0.2) is 11.5 Å². The van der Waals surface area contributed by atoms with Gasteiger partial charge < -0.3 is 21.4 Å². The maximum atomic E-state index is 13.0. The topological polar surface area (TPSA) is 158 Å². The van der Waals surface area contributed by atoms with Crippen molar-refractivity contribution < 1.29 is 9.59 Å². The molecule has 150 valence electrons. The fourth-order valence-corrected chi connectivity index (χ4v) is 2.64. The van der Waals surface area contributed by atoms with Crippen LogP contribution in [-0.2, 0) is 4.79 Å². The maximum absolute atomic E-state index is 13.0. The Kier molecular flexibility index (Phi) is 6.17. The van der Waals surface area contributed by atoms with Crippen molar-refractivity contribution in [3.63, 3.8) is 0 Å². The van der Waals surface area contributed by atoms with Crippen molar-refractivity contribution in [3.05, 3.63) is 36.3 Å². The van der Waals surface area contributed by atoms with E-state index in [2.05, 4.69) is 40.9 Å². The number of aliphatic imine (C=N–C) groups is 1. The van der Waals surface area contributed by atoms with Crippen LogP contribution in [0.25, 0.3) is 0 Å². The van der Waals surface area contributed by atoms with E-state index in [0.717, 1.165) is 24.8 Å². The monoisotopic (exact) mass is 395 g/mol. The molecule has 0 saturated heterocycles. The van der Waals surface area contributed by atoms with Gasteiger partial charge in [0, 0.05) is 26.2 Å². The molecule has 1 atom stereocenters. The smallest absolute Gasteiger partial charge is 0.274 e. The summed E-state index contributed by atoms with van der Waals surface area (Å²) in [7, 11) is 2.87. The number of hydrogen-bond donors (Lipinski definition) is 4. The highest BCUT2D eigenvalue weighted by molar-refractivity contribution is 6.44. The third kappa shape index (κ3) is 4.75. The first-order valence-electron chi connectivity index (χ1n) is 8.96. The van der Waals surface area contributed by atoms with Gasteiger partial charge in [-0.05, 0) is 12.8 Å². The highest BCUT2D eigenvalue weighted by Crippen LogP contribution is 2.39. The minimum atomic E-state index is -1.01. The summed E-state index contributed by atoms with van der Waals surface area (Å²) in [6.07, 6.45) is 9.05. The van der Waals surface area contributed by atoms with E-state index < -0.39 is 17.9 Å². The first-order chi connectivity index (χ1) is 14.1. The van der Waals surface area contributed by atoms with Crippen LogP contribution in [0.2, 0.25) is 0 Å². The second-order valence-corrected chi connectivity index (χ2v) is 6.32. The third-order valence-electron chi connectivity index (χ3n) is 4.27. The van der Waals surface area contributed by atoms with Gasteiger partial charge in [0.25, 0.3) is 11.8 Å². The van der Waals surface area contributed by atoms with Gasteiger partial charge in [0.2, 0.25) is 0 Å². The van der Waals surface area contributed by atoms with E-state index in [-0.39, 0.29) is 17.2 Å². The number of rotatable bonds is 8. The highest BCUT2D eigenvalue weighted by atomic mass is 16.2. The van der Waals surface area contributed by atoms with E-state index in [4.69, 9.17) is 5.41 Å². The summed E-state index contributed by atoms with van der Waals surface area (Å²) in [5.41, 5.74) is 1.33. The summed E-state index contributed by atoms with van der Waals surface area (Å²) >= 11 is 0. The normalized spacial score (nSPS) is 14.6. The van der Waals surface area contributed by atoms with Crippen molar-refractivity contribution in [2.75, 3.05) is 19.4 Å². The van der Waals surface area contributed by atoms with Crippen LogP contribution in [0, 0.1) is 5.41 Å². The number of aromatic nitrogens is 4. The van der Waals surface area contributed by atoms with Gasteiger partial charge >= 0.3 is 0 Å². The van der Waals surface area contributed by atoms with E-state index >= 15 is 0 Å². The number of nitrogens with zero attached hydrogens (tertiary/aromatic N) is 5. The minimum absolute atomic E-state index is 0.00752. The van der Waals surface area contributed by atoms with Crippen LogP contribution in [0.5, 0.6) is 0 Å². The second-order valence-electron chi connectivity index (χ2n) is 6.32. The van der Waals surface area contributed by atoms with E-state index in [9.17, 15) is 9.59 Å². The first-order valence-corrected chi connectivity index (χ1v) is 8.96. The Labute approximate surface area is 167 Å². The minimum Gasteiger partial charge on any atom is -0.354 e. The Hall–Kier alpha value is -3.76. The fourth-order valence-electron chi connectivity index (χ4n) is 2.64.